The molecule has 0 spiro atoms. The summed E-state index contributed by atoms with van der Waals surface area (Å²) in [4.78, 5) is 0. The number of benzene rings is 1. The third-order valence-electron chi connectivity index (χ3n) is 2.67. The second kappa shape index (κ2) is 5.30. The van der Waals surface area contributed by atoms with Crippen molar-refractivity contribution in [3.8, 4) is 0 Å². The molecule has 90 valence electrons. The lowest BCUT2D eigenvalue weighted by Crippen LogP contribution is -2.07. The van der Waals surface area contributed by atoms with Gasteiger partial charge in [0.2, 0.25) is 0 Å². The normalized spacial score (nSPS) is 12.5. The van der Waals surface area contributed by atoms with Crippen molar-refractivity contribution < 1.29 is 0 Å². The van der Waals surface area contributed by atoms with E-state index in [0.29, 0.717) is 0 Å². The Morgan fingerprint density at radius 2 is 2.06 bits per heavy atom. The van der Waals surface area contributed by atoms with Gasteiger partial charge in [0.15, 0.2) is 0 Å². The lowest BCUT2D eigenvalue weighted by atomic mass is 10.1. The first-order chi connectivity index (χ1) is 8.08. The van der Waals surface area contributed by atoms with Crippen molar-refractivity contribution in [3.05, 3.63) is 50.1 Å². The van der Waals surface area contributed by atoms with E-state index in [4.69, 9.17) is 23.2 Å². The molecule has 0 aliphatic rings. The molecule has 0 bridgehead atoms. The molecule has 1 unspecified atom stereocenters. The first kappa shape index (κ1) is 12.7. The van der Waals surface area contributed by atoms with Gasteiger partial charge in [-0.2, -0.15) is 0 Å². The molecular formula is C13H13Cl2NS. The summed E-state index contributed by atoms with van der Waals surface area (Å²) in [5, 5.41) is 6.23. The van der Waals surface area contributed by atoms with Gasteiger partial charge >= 0.3 is 0 Å². The number of hydrogen-bond donors (Lipinski definition) is 1. The third kappa shape index (κ3) is 2.95. The summed E-state index contributed by atoms with van der Waals surface area (Å²) in [6, 6.07) is 8.06. The van der Waals surface area contributed by atoms with Crippen LogP contribution >= 0.6 is 34.5 Å². The lowest BCUT2D eigenvalue weighted by Gasteiger charge is -2.17. The maximum Gasteiger partial charge on any atom is 0.0931 e. The zero-order valence-electron chi connectivity index (χ0n) is 9.63. The van der Waals surface area contributed by atoms with Crippen molar-refractivity contribution in [1.82, 2.24) is 0 Å². The van der Waals surface area contributed by atoms with Gasteiger partial charge in [0.25, 0.3) is 0 Å². The van der Waals surface area contributed by atoms with E-state index in [9.17, 15) is 0 Å². The maximum absolute atomic E-state index is 6.18. The molecular weight excluding hydrogens is 273 g/mol. The zero-order valence-corrected chi connectivity index (χ0v) is 12.0. The summed E-state index contributed by atoms with van der Waals surface area (Å²) in [5.41, 5.74) is 3.31. The van der Waals surface area contributed by atoms with Crippen LogP contribution in [0.2, 0.25) is 9.36 Å². The van der Waals surface area contributed by atoms with E-state index in [1.165, 1.54) is 5.56 Å². The Morgan fingerprint density at radius 3 is 2.65 bits per heavy atom. The van der Waals surface area contributed by atoms with Gasteiger partial charge in [-0.1, -0.05) is 35.3 Å². The van der Waals surface area contributed by atoms with E-state index in [1.807, 2.05) is 31.2 Å². The van der Waals surface area contributed by atoms with Crippen molar-refractivity contribution >= 4 is 40.2 Å². The van der Waals surface area contributed by atoms with E-state index in [0.717, 1.165) is 20.6 Å². The van der Waals surface area contributed by atoms with Crippen LogP contribution in [0.5, 0.6) is 0 Å². The second-order valence-electron chi connectivity index (χ2n) is 3.98. The number of hydrogen-bond acceptors (Lipinski definition) is 2. The Hall–Kier alpha value is -0.700. The Kier molecular flexibility index (Phi) is 3.97. The van der Waals surface area contributed by atoms with Gasteiger partial charge < -0.3 is 5.32 Å². The molecule has 0 fully saturated rings. The molecule has 0 radical (unpaired) electrons. The Morgan fingerprint density at radius 1 is 1.29 bits per heavy atom. The molecule has 1 N–H and O–H groups in total. The van der Waals surface area contributed by atoms with Crippen molar-refractivity contribution in [2.75, 3.05) is 5.32 Å². The molecule has 0 saturated heterocycles. The van der Waals surface area contributed by atoms with Crippen molar-refractivity contribution in [2.24, 2.45) is 0 Å². The lowest BCUT2D eigenvalue weighted by molar-refractivity contribution is 0.888. The minimum atomic E-state index is 0.192. The molecule has 2 rings (SSSR count). The Bertz CT molecular complexity index is 502. The van der Waals surface area contributed by atoms with E-state index in [-0.39, 0.29) is 6.04 Å². The van der Waals surface area contributed by atoms with E-state index < -0.39 is 0 Å². The van der Waals surface area contributed by atoms with Gasteiger partial charge in [0.1, 0.15) is 0 Å². The minimum absolute atomic E-state index is 0.192. The van der Waals surface area contributed by atoms with Crippen molar-refractivity contribution in [3.63, 3.8) is 0 Å². The van der Waals surface area contributed by atoms with E-state index >= 15 is 0 Å². The number of aryl methyl sites for hydroxylation is 1. The molecule has 0 amide bonds. The third-order valence-corrected chi connectivity index (χ3v) is 4.09. The van der Waals surface area contributed by atoms with Crippen LogP contribution in [0.3, 0.4) is 0 Å². The minimum Gasteiger partial charge on any atom is -0.377 e. The summed E-state index contributed by atoms with van der Waals surface area (Å²) in [6.07, 6.45) is 0. The summed E-state index contributed by atoms with van der Waals surface area (Å²) >= 11 is 13.7. The monoisotopic (exact) mass is 285 g/mol. The molecule has 1 aromatic heterocycles. The van der Waals surface area contributed by atoms with Gasteiger partial charge in [-0.3, -0.25) is 0 Å². The van der Waals surface area contributed by atoms with Crippen LogP contribution in [0, 0.1) is 6.92 Å². The van der Waals surface area contributed by atoms with Crippen LogP contribution in [0.1, 0.15) is 24.1 Å². The SMILES string of the molecule is Cc1cccc(Cl)c1NC(C)c1csc(Cl)c1. The molecule has 4 heteroatoms. The molecule has 1 aromatic carbocycles. The highest BCUT2D eigenvalue weighted by molar-refractivity contribution is 7.14. The quantitative estimate of drug-likeness (QED) is 0.781. The zero-order chi connectivity index (χ0) is 12.4. The fraction of sp³-hybridized carbons (Fsp3) is 0.231. The molecule has 17 heavy (non-hydrogen) atoms. The summed E-state index contributed by atoms with van der Waals surface area (Å²) in [7, 11) is 0. The number of nitrogens with one attached hydrogen (secondary N) is 1. The fourth-order valence-corrected chi connectivity index (χ4v) is 2.93. The van der Waals surface area contributed by atoms with Gasteiger partial charge in [-0.15, -0.1) is 11.3 Å². The molecule has 0 saturated carbocycles. The van der Waals surface area contributed by atoms with Crippen molar-refractivity contribution in [2.45, 2.75) is 19.9 Å². The van der Waals surface area contributed by atoms with Gasteiger partial charge in [-0.25, -0.2) is 0 Å². The number of halogens is 2. The maximum atomic E-state index is 6.18. The average Bonchev–Trinajstić information content (AvgIpc) is 2.70. The van der Waals surface area contributed by atoms with Crippen LogP contribution < -0.4 is 5.32 Å². The highest BCUT2D eigenvalue weighted by Gasteiger charge is 2.10. The standard InChI is InChI=1S/C13H13Cl2NS/c1-8-4-3-5-11(14)13(8)16-9(2)10-6-12(15)17-7-10/h3-7,9,16H,1-2H3. The second-order valence-corrected chi connectivity index (χ2v) is 5.93. The summed E-state index contributed by atoms with van der Waals surface area (Å²) in [5.74, 6) is 0. The largest absolute Gasteiger partial charge is 0.377 e. The summed E-state index contributed by atoms with van der Waals surface area (Å²) in [6.45, 7) is 4.14. The Labute approximate surface area is 115 Å². The average molecular weight is 286 g/mol. The smallest absolute Gasteiger partial charge is 0.0931 e. The first-order valence-electron chi connectivity index (χ1n) is 5.33. The van der Waals surface area contributed by atoms with Crippen LogP contribution in [0.15, 0.2) is 29.6 Å². The molecule has 1 heterocycles. The molecule has 2 aromatic rings. The summed E-state index contributed by atoms with van der Waals surface area (Å²) < 4.78 is 0.810. The predicted octanol–water partition coefficient (Wildman–Crippen LogP) is 5.54. The Balaban J connectivity index is 2.21. The van der Waals surface area contributed by atoms with E-state index in [2.05, 4.69) is 17.6 Å². The van der Waals surface area contributed by atoms with E-state index in [1.54, 1.807) is 11.3 Å². The number of thiophene rings is 1. The number of rotatable bonds is 3. The van der Waals surface area contributed by atoms with Crippen LogP contribution in [0.25, 0.3) is 0 Å². The van der Waals surface area contributed by atoms with Crippen molar-refractivity contribution in [1.29, 1.82) is 0 Å². The van der Waals surface area contributed by atoms with Crippen LogP contribution in [-0.2, 0) is 0 Å². The van der Waals surface area contributed by atoms with Gasteiger partial charge in [0.05, 0.1) is 15.0 Å². The van der Waals surface area contributed by atoms with Crippen LogP contribution in [-0.4, -0.2) is 0 Å². The topological polar surface area (TPSA) is 12.0 Å². The van der Waals surface area contributed by atoms with Crippen LogP contribution in [0.4, 0.5) is 5.69 Å². The van der Waals surface area contributed by atoms with Gasteiger partial charge in [0, 0.05) is 6.04 Å². The number of anilines is 1. The molecule has 1 nitrogen and oxygen atoms in total. The molecule has 1 atom stereocenters. The highest BCUT2D eigenvalue weighted by Crippen LogP contribution is 2.31. The molecule has 0 aliphatic carbocycles. The molecule has 0 aliphatic heterocycles. The number of para-hydroxylation sites is 1. The highest BCUT2D eigenvalue weighted by atomic mass is 35.5. The predicted molar refractivity (Wildman–Crippen MR) is 77.6 cm³/mol. The fourth-order valence-electron chi connectivity index (χ4n) is 1.67. The first-order valence-corrected chi connectivity index (χ1v) is 6.97. The van der Waals surface area contributed by atoms with Gasteiger partial charge in [-0.05, 0) is 42.5 Å².